The summed E-state index contributed by atoms with van der Waals surface area (Å²) in [6.45, 7) is 1.96. The monoisotopic (exact) mass is 492 g/mol. The highest BCUT2D eigenvalue weighted by Crippen LogP contribution is 2.29. The summed E-state index contributed by atoms with van der Waals surface area (Å²) in [5.41, 5.74) is 4.18. The maximum absolute atomic E-state index is 12.2. The van der Waals surface area contributed by atoms with Crippen molar-refractivity contribution < 1.29 is 19.8 Å². The minimum Gasteiger partial charge on any atom is -0.507 e. The first-order valence-corrected chi connectivity index (χ1v) is 11.0. The van der Waals surface area contributed by atoms with Gasteiger partial charge in [-0.05, 0) is 31.2 Å². The number of carbonyl (C=O) groups is 2. The van der Waals surface area contributed by atoms with Crippen LogP contribution in [0.1, 0.15) is 27.2 Å². The lowest BCUT2D eigenvalue weighted by Gasteiger charge is -2.10. The fourth-order valence-corrected chi connectivity index (χ4v) is 4.21. The summed E-state index contributed by atoms with van der Waals surface area (Å²) in [6.07, 6.45) is 1.38. The largest absolute Gasteiger partial charge is 0.507 e. The van der Waals surface area contributed by atoms with Crippen LogP contribution in [0.5, 0.6) is 5.75 Å². The Bertz CT molecular complexity index is 1180. The van der Waals surface area contributed by atoms with Crippen LogP contribution in [0.25, 0.3) is 0 Å². The fourth-order valence-electron chi connectivity index (χ4n) is 2.83. The minimum absolute atomic E-state index is 0.0749. The third kappa shape index (κ3) is 5.61. The number of hydrogen-bond acceptors (Lipinski definition) is 6. The number of aliphatic carboxylic acids is 1. The lowest BCUT2D eigenvalue weighted by molar-refractivity contribution is -0.133. The van der Waals surface area contributed by atoms with Gasteiger partial charge < -0.3 is 10.2 Å². The molecule has 1 amide bonds. The second-order valence-electron chi connectivity index (χ2n) is 6.56. The van der Waals surface area contributed by atoms with Crippen molar-refractivity contribution in [3.05, 3.63) is 74.9 Å². The van der Waals surface area contributed by atoms with E-state index in [1.165, 1.54) is 18.3 Å². The molecule has 0 aliphatic carbocycles. The normalized spacial score (nSPS) is 11.1. The van der Waals surface area contributed by atoms with Crippen molar-refractivity contribution in [2.45, 2.75) is 18.5 Å². The number of para-hydroxylation sites is 1. The summed E-state index contributed by atoms with van der Waals surface area (Å²) in [6, 6.07) is 11.2. The maximum atomic E-state index is 12.2. The summed E-state index contributed by atoms with van der Waals surface area (Å²) in [5, 5.41) is 28.8. The Labute approximate surface area is 197 Å². The molecule has 2 aromatic carbocycles. The van der Waals surface area contributed by atoms with E-state index in [4.69, 9.17) is 28.3 Å². The summed E-state index contributed by atoms with van der Waals surface area (Å²) in [4.78, 5) is 23.4. The summed E-state index contributed by atoms with van der Waals surface area (Å²) in [5.74, 6) is -1.95. The van der Waals surface area contributed by atoms with Crippen molar-refractivity contribution in [2.75, 3.05) is 5.75 Å². The van der Waals surface area contributed by atoms with E-state index < -0.39 is 11.9 Å². The van der Waals surface area contributed by atoms with Crippen LogP contribution in [-0.2, 0) is 11.3 Å². The van der Waals surface area contributed by atoms with E-state index in [0.29, 0.717) is 31.9 Å². The zero-order valence-electron chi connectivity index (χ0n) is 16.7. The highest BCUT2D eigenvalue weighted by atomic mass is 35.5. The number of carboxylic acid groups (broad SMARTS) is 1. The molecule has 3 aromatic rings. The van der Waals surface area contributed by atoms with E-state index in [-0.39, 0.29) is 23.6 Å². The first kappa shape index (κ1) is 23.6. The van der Waals surface area contributed by atoms with Gasteiger partial charge >= 0.3 is 5.97 Å². The SMILES string of the molecule is Cc1nn(Cc2c(Cl)cccc2Cl)c(SCC(=O)O)c1/C=N/NC(=O)c1ccccc1O. The summed E-state index contributed by atoms with van der Waals surface area (Å²) < 4.78 is 1.60. The van der Waals surface area contributed by atoms with E-state index in [1.807, 2.05) is 0 Å². The number of carbonyl (C=O) groups excluding carboxylic acids is 1. The predicted octanol–water partition coefficient (Wildman–Crippen LogP) is 4.19. The minimum atomic E-state index is -0.994. The molecule has 0 radical (unpaired) electrons. The van der Waals surface area contributed by atoms with Gasteiger partial charge in [0.1, 0.15) is 10.8 Å². The molecular weight excluding hydrogens is 475 g/mol. The van der Waals surface area contributed by atoms with Gasteiger partial charge in [0.25, 0.3) is 5.91 Å². The van der Waals surface area contributed by atoms with Gasteiger partial charge in [-0.3, -0.25) is 14.3 Å². The first-order chi connectivity index (χ1) is 15.3. The highest BCUT2D eigenvalue weighted by Gasteiger charge is 2.18. The molecule has 32 heavy (non-hydrogen) atoms. The Balaban J connectivity index is 1.89. The number of thioether (sulfide) groups is 1. The van der Waals surface area contributed by atoms with Crippen LogP contribution in [0, 0.1) is 6.92 Å². The zero-order chi connectivity index (χ0) is 23.3. The van der Waals surface area contributed by atoms with Crippen molar-refractivity contribution >= 4 is 53.1 Å². The van der Waals surface area contributed by atoms with Gasteiger partial charge in [-0.2, -0.15) is 10.2 Å². The van der Waals surface area contributed by atoms with Gasteiger partial charge in [0.15, 0.2) is 0 Å². The molecule has 0 saturated carbocycles. The number of benzene rings is 2. The van der Waals surface area contributed by atoms with Crippen LogP contribution in [0.4, 0.5) is 0 Å². The second-order valence-corrected chi connectivity index (χ2v) is 8.34. The number of hydrazone groups is 1. The molecule has 0 bridgehead atoms. The molecule has 0 atom stereocenters. The molecule has 0 fully saturated rings. The zero-order valence-corrected chi connectivity index (χ0v) is 19.1. The molecule has 8 nitrogen and oxygen atoms in total. The molecule has 0 saturated heterocycles. The average Bonchev–Trinajstić information content (AvgIpc) is 3.03. The molecular formula is C21H18Cl2N4O4S. The number of aromatic hydroxyl groups is 1. The highest BCUT2D eigenvalue weighted by molar-refractivity contribution is 8.00. The van der Waals surface area contributed by atoms with E-state index in [9.17, 15) is 14.7 Å². The lowest BCUT2D eigenvalue weighted by atomic mass is 10.2. The number of phenols is 1. The van der Waals surface area contributed by atoms with E-state index in [1.54, 1.807) is 41.9 Å². The second kappa shape index (κ2) is 10.5. The average molecular weight is 493 g/mol. The van der Waals surface area contributed by atoms with Gasteiger partial charge in [-0.25, -0.2) is 5.43 Å². The Hall–Kier alpha value is -3.01. The Morgan fingerprint density at radius 3 is 2.53 bits per heavy atom. The molecule has 0 spiro atoms. The number of aromatic nitrogens is 2. The Morgan fingerprint density at radius 1 is 1.19 bits per heavy atom. The third-order valence-corrected chi connectivity index (χ3v) is 6.14. The molecule has 0 aliphatic rings. The number of nitrogens with zero attached hydrogens (tertiary/aromatic N) is 3. The summed E-state index contributed by atoms with van der Waals surface area (Å²) in [7, 11) is 0. The molecule has 3 rings (SSSR count). The maximum Gasteiger partial charge on any atom is 0.313 e. The number of nitrogens with one attached hydrogen (secondary N) is 1. The molecule has 166 valence electrons. The van der Waals surface area contributed by atoms with Gasteiger partial charge in [-0.15, -0.1) is 0 Å². The standard InChI is InChI=1S/C21H18Cl2N4O4S/c1-12-14(9-24-25-20(31)13-5-2-3-8-18(13)28)21(32-11-19(29)30)27(26-12)10-15-16(22)6-4-7-17(15)23/h2-9,28H,10-11H2,1H3,(H,25,31)(H,29,30)/b24-9+. The van der Waals surface area contributed by atoms with Crippen LogP contribution in [0.3, 0.4) is 0 Å². The molecule has 3 N–H and O–H groups in total. The van der Waals surface area contributed by atoms with Gasteiger partial charge in [-0.1, -0.05) is 53.2 Å². The Morgan fingerprint density at radius 2 is 1.88 bits per heavy atom. The van der Waals surface area contributed by atoms with Crippen molar-refractivity contribution in [2.24, 2.45) is 5.10 Å². The van der Waals surface area contributed by atoms with Crippen LogP contribution < -0.4 is 5.43 Å². The fraction of sp³-hybridized carbons (Fsp3) is 0.143. The van der Waals surface area contributed by atoms with E-state index in [0.717, 1.165) is 11.8 Å². The lowest BCUT2D eigenvalue weighted by Crippen LogP contribution is -2.17. The number of hydrogen-bond donors (Lipinski definition) is 3. The number of carboxylic acids is 1. The number of halogens is 2. The van der Waals surface area contributed by atoms with Gasteiger partial charge in [0, 0.05) is 21.2 Å². The van der Waals surface area contributed by atoms with Crippen LogP contribution in [-0.4, -0.2) is 43.8 Å². The van der Waals surface area contributed by atoms with Crippen LogP contribution >= 0.6 is 35.0 Å². The first-order valence-electron chi connectivity index (χ1n) is 9.24. The van der Waals surface area contributed by atoms with Gasteiger partial charge in [0.05, 0.1) is 29.8 Å². The third-order valence-electron chi connectivity index (χ3n) is 4.34. The quantitative estimate of drug-likeness (QED) is 0.246. The topological polar surface area (TPSA) is 117 Å². The number of aryl methyl sites for hydroxylation is 1. The van der Waals surface area contributed by atoms with Crippen molar-refractivity contribution in [1.82, 2.24) is 15.2 Å². The number of amides is 1. The van der Waals surface area contributed by atoms with E-state index >= 15 is 0 Å². The number of rotatable bonds is 8. The molecule has 0 aliphatic heterocycles. The molecule has 1 aromatic heterocycles. The Kier molecular flexibility index (Phi) is 7.79. The molecule has 1 heterocycles. The summed E-state index contributed by atoms with van der Waals surface area (Å²) >= 11 is 13.6. The van der Waals surface area contributed by atoms with Crippen LogP contribution in [0.15, 0.2) is 52.6 Å². The molecule has 0 unspecified atom stereocenters. The van der Waals surface area contributed by atoms with Gasteiger partial charge in [0.2, 0.25) is 0 Å². The van der Waals surface area contributed by atoms with E-state index in [2.05, 4.69) is 15.6 Å². The van der Waals surface area contributed by atoms with Crippen molar-refractivity contribution in [3.8, 4) is 5.75 Å². The smallest absolute Gasteiger partial charge is 0.313 e. The number of phenolic OH excluding ortho intramolecular Hbond substituents is 1. The van der Waals surface area contributed by atoms with Crippen molar-refractivity contribution in [1.29, 1.82) is 0 Å². The van der Waals surface area contributed by atoms with Crippen LogP contribution in [0.2, 0.25) is 10.0 Å². The van der Waals surface area contributed by atoms with Crippen molar-refractivity contribution in [3.63, 3.8) is 0 Å². The predicted molar refractivity (Wildman–Crippen MR) is 124 cm³/mol. The molecule has 11 heteroatoms.